The van der Waals surface area contributed by atoms with Crippen molar-refractivity contribution >= 4 is 23.8 Å². The maximum Gasteiger partial charge on any atom is 0.303 e. The number of hydrogen-bond acceptors (Lipinski definition) is 5. The zero-order valence-corrected chi connectivity index (χ0v) is 8.86. The summed E-state index contributed by atoms with van der Waals surface area (Å²) in [6.45, 7) is 0. The van der Waals surface area contributed by atoms with E-state index >= 15 is 0 Å². The molecular weight excluding hydrogens is 234 g/mol. The highest BCUT2D eigenvalue weighted by Crippen LogP contribution is 1.88. The third kappa shape index (κ3) is 10.1. The Morgan fingerprint density at radius 2 is 1.06 bits per heavy atom. The van der Waals surface area contributed by atoms with E-state index in [0.29, 0.717) is 0 Å². The average Bonchev–Trinajstić information content (AvgIpc) is 2.23. The predicted octanol–water partition coefficient (Wildman–Crippen LogP) is -1.63. The smallest absolute Gasteiger partial charge is 0.303 e. The molecule has 0 aromatic rings. The van der Waals surface area contributed by atoms with E-state index in [1.54, 1.807) is 0 Å². The molecule has 5 N–H and O–H groups in total. The molecule has 96 valence electrons. The van der Waals surface area contributed by atoms with Crippen molar-refractivity contribution in [1.82, 2.24) is 16.4 Å². The number of carboxylic acid groups (broad SMARTS) is 2. The molecule has 0 rings (SSSR count). The second kappa shape index (κ2) is 8.05. The summed E-state index contributed by atoms with van der Waals surface area (Å²) in [6, 6.07) is 0. The van der Waals surface area contributed by atoms with Crippen LogP contribution in [0.5, 0.6) is 0 Å². The highest BCUT2D eigenvalue weighted by atomic mass is 16.4. The van der Waals surface area contributed by atoms with Gasteiger partial charge in [-0.25, -0.2) is 0 Å². The number of carboxylic acids is 2. The summed E-state index contributed by atoms with van der Waals surface area (Å²) in [5.74, 6) is -3.42. The SMILES string of the molecule is O=C(O)CCC(=O)NNNC(=O)CCC(=O)O. The first-order valence-corrected chi connectivity index (χ1v) is 4.68. The Bertz CT molecular complexity index is 286. The predicted molar refractivity (Wildman–Crippen MR) is 53.2 cm³/mol. The largest absolute Gasteiger partial charge is 0.481 e. The van der Waals surface area contributed by atoms with Crippen molar-refractivity contribution in [2.24, 2.45) is 0 Å². The Kier molecular flexibility index (Phi) is 7.02. The van der Waals surface area contributed by atoms with Crippen LogP contribution in [-0.2, 0) is 19.2 Å². The molecule has 0 aromatic carbocycles. The Balaban J connectivity index is 3.55. The fourth-order valence-corrected chi connectivity index (χ4v) is 0.737. The number of carbonyl (C=O) groups excluding carboxylic acids is 2. The molecular formula is C8H13N3O6. The van der Waals surface area contributed by atoms with Crippen molar-refractivity contribution in [2.75, 3.05) is 0 Å². The maximum absolute atomic E-state index is 10.9. The minimum absolute atomic E-state index is 0.229. The highest BCUT2D eigenvalue weighted by molar-refractivity contribution is 5.81. The van der Waals surface area contributed by atoms with Gasteiger partial charge in [-0.3, -0.25) is 30.0 Å². The van der Waals surface area contributed by atoms with Crippen molar-refractivity contribution < 1.29 is 29.4 Å². The Morgan fingerprint density at radius 3 is 1.35 bits per heavy atom. The Morgan fingerprint density at radius 1 is 0.706 bits per heavy atom. The fraction of sp³-hybridized carbons (Fsp3) is 0.500. The van der Waals surface area contributed by atoms with Gasteiger partial charge >= 0.3 is 11.9 Å². The van der Waals surface area contributed by atoms with Gasteiger partial charge in [-0.15, -0.1) is 5.53 Å². The normalized spacial score (nSPS) is 9.41. The molecule has 0 aliphatic rings. The Hall–Kier alpha value is -2.16. The summed E-state index contributed by atoms with van der Waals surface area (Å²) in [5.41, 5.74) is 6.10. The van der Waals surface area contributed by atoms with Gasteiger partial charge in [0.2, 0.25) is 11.8 Å². The molecule has 0 aromatic heterocycles. The third-order valence-corrected chi connectivity index (χ3v) is 1.54. The van der Waals surface area contributed by atoms with E-state index in [2.05, 4.69) is 0 Å². The number of hydrazine groups is 2. The number of aliphatic carboxylic acids is 2. The van der Waals surface area contributed by atoms with Gasteiger partial charge in [0, 0.05) is 12.8 Å². The molecule has 0 unspecified atom stereocenters. The van der Waals surface area contributed by atoms with E-state index in [4.69, 9.17) is 10.2 Å². The monoisotopic (exact) mass is 247 g/mol. The lowest BCUT2D eigenvalue weighted by atomic mass is 10.3. The maximum atomic E-state index is 10.9. The summed E-state index contributed by atoms with van der Waals surface area (Å²) >= 11 is 0. The van der Waals surface area contributed by atoms with Crippen LogP contribution in [0.3, 0.4) is 0 Å². The zero-order chi connectivity index (χ0) is 13.3. The van der Waals surface area contributed by atoms with Crippen LogP contribution in [-0.4, -0.2) is 34.0 Å². The van der Waals surface area contributed by atoms with E-state index in [-0.39, 0.29) is 25.7 Å². The minimum atomic E-state index is -1.11. The number of hydrogen-bond donors (Lipinski definition) is 5. The van der Waals surface area contributed by atoms with Gasteiger partial charge in [0.05, 0.1) is 12.8 Å². The highest BCUT2D eigenvalue weighted by Gasteiger charge is 2.06. The van der Waals surface area contributed by atoms with Crippen molar-refractivity contribution in [3.8, 4) is 0 Å². The van der Waals surface area contributed by atoms with Crippen LogP contribution in [0, 0.1) is 0 Å². The summed E-state index contributed by atoms with van der Waals surface area (Å²) < 4.78 is 0. The van der Waals surface area contributed by atoms with Crippen LogP contribution < -0.4 is 16.4 Å². The molecule has 0 saturated heterocycles. The minimum Gasteiger partial charge on any atom is -0.481 e. The average molecular weight is 247 g/mol. The van der Waals surface area contributed by atoms with Gasteiger partial charge in [0.1, 0.15) is 0 Å². The summed E-state index contributed by atoms with van der Waals surface area (Å²) in [4.78, 5) is 42.0. The molecule has 17 heavy (non-hydrogen) atoms. The second-order valence-corrected chi connectivity index (χ2v) is 3.01. The summed E-state index contributed by atoms with van der Waals surface area (Å²) in [6.07, 6.45) is -1.10. The molecule has 0 aliphatic heterocycles. The first kappa shape index (κ1) is 14.8. The lowest BCUT2D eigenvalue weighted by molar-refractivity contribution is -0.139. The van der Waals surface area contributed by atoms with Gasteiger partial charge in [0.25, 0.3) is 0 Å². The van der Waals surface area contributed by atoms with Crippen LogP contribution in [0.4, 0.5) is 0 Å². The lowest BCUT2D eigenvalue weighted by Gasteiger charge is -2.07. The second-order valence-electron chi connectivity index (χ2n) is 3.01. The lowest BCUT2D eigenvalue weighted by Crippen LogP contribution is -2.49. The molecule has 0 spiro atoms. The standard InChI is InChI=1S/C8H13N3O6/c12-5(1-3-7(14)15)9-11-10-6(13)2-4-8(16)17/h11H,1-4H2,(H,9,12)(H,10,13)(H,14,15)(H,16,17). The van der Waals surface area contributed by atoms with E-state index < -0.39 is 23.8 Å². The first-order valence-electron chi connectivity index (χ1n) is 4.68. The van der Waals surface area contributed by atoms with Crippen molar-refractivity contribution in [3.05, 3.63) is 0 Å². The van der Waals surface area contributed by atoms with Gasteiger partial charge in [-0.05, 0) is 0 Å². The number of rotatable bonds is 8. The van der Waals surface area contributed by atoms with Crippen molar-refractivity contribution in [3.63, 3.8) is 0 Å². The van der Waals surface area contributed by atoms with E-state index in [1.807, 2.05) is 16.4 Å². The van der Waals surface area contributed by atoms with Crippen LogP contribution in [0.2, 0.25) is 0 Å². The van der Waals surface area contributed by atoms with Crippen LogP contribution in [0.1, 0.15) is 25.7 Å². The van der Waals surface area contributed by atoms with Crippen LogP contribution in [0.25, 0.3) is 0 Å². The zero-order valence-electron chi connectivity index (χ0n) is 8.86. The topological polar surface area (TPSA) is 145 Å². The Labute approximate surface area is 96.1 Å². The fourth-order valence-electron chi connectivity index (χ4n) is 0.737. The summed E-state index contributed by atoms with van der Waals surface area (Å²) in [5, 5.41) is 16.5. The van der Waals surface area contributed by atoms with Gasteiger partial charge < -0.3 is 10.2 Å². The number of carbonyl (C=O) groups is 4. The van der Waals surface area contributed by atoms with E-state index in [0.717, 1.165) is 0 Å². The van der Waals surface area contributed by atoms with E-state index in [1.165, 1.54) is 0 Å². The van der Waals surface area contributed by atoms with Crippen LogP contribution >= 0.6 is 0 Å². The third-order valence-electron chi connectivity index (χ3n) is 1.54. The number of amides is 2. The molecule has 0 aliphatic carbocycles. The van der Waals surface area contributed by atoms with Crippen molar-refractivity contribution in [1.29, 1.82) is 0 Å². The first-order chi connectivity index (χ1) is 7.91. The molecule has 9 nitrogen and oxygen atoms in total. The summed E-state index contributed by atoms with van der Waals surface area (Å²) in [7, 11) is 0. The van der Waals surface area contributed by atoms with Crippen molar-refractivity contribution in [2.45, 2.75) is 25.7 Å². The number of nitrogens with one attached hydrogen (secondary N) is 3. The van der Waals surface area contributed by atoms with Crippen LogP contribution in [0.15, 0.2) is 0 Å². The molecule has 9 heteroatoms. The van der Waals surface area contributed by atoms with Gasteiger partial charge in [0.15, 0.2) is 0 Å². The van der Waals surface area contributed by atoms with Gasteiger partial charge in [-0.1, -0.05) is 0 Å². The molecule has 2 amide bonds. The van der Waals surface area contributed by atoms with Gasteiger partial charge in [-0.2, -0.15) is 0 Å². The molecule has 0 atom stereocenters. The molecule has 0 bridgehead atoms. The quantitative estimate of drug-likeness (QED) is 0.324. The molecule has 0 saturated carbocycles. The van der Waals surface area contributed by atoms with E-state index in [9.17, 15) is 19.2 Å². The molecule has 0 fully saturated rings. The molecule has 0 heterocycles. The molecule has 0 radical (unpaired) electrons.